The van der Waals surface area contributed by atoms with Gasteiger partial charge in [-0.05, 0) is 42.0 Å². The van der Waals surface area contributed by atoms with Gasteiger partial charge in [0.15, 0.2) is 0 Å². The van der Waals surface area contributed by atoms with Crippen LogP contribution in [0.1, 0.15) is 27.4 Å². The first-order chi connectivity index (χ1) is 17.0. The second kappa shape index (κ2) is 11.0. The molecular weight excluding hydrogens is 444 g/mol. The summed E-state index contributed by atoms with van der Waals surface area (Å²) in [6, 6.07) is 22.4. The minimum Gasteiger partial charge on any atom is -0.497 e. The van der Waals surface area contributed by atoms with Gasteiger partial charge in [0.1, 0.15) is 17.2 Å². The molecule has 0 aromatic heterocycles. The van der Waals surface area contributed by atoms with E-state index in [1.54, 1.807) is 50.5 Å². The summed E-state index contributed by atoms with van der Waals surface area (Å²) in [6.45, 7) is 1.09. The lowest BCUT2D eigenvalue weighted by Gasteiger charge is -2.21. The predicted molar refractivity (Wildman–Crippen MR) is 133 cm³/mol. The minimum absolute atomic E-state index is 0.107. The van der Waals surface area contributed by atoms with Crippen LogP contribution in [0.5, 0.6) is 17.2 Å². The van der Waals surface area contributed by atoms with Crippen LogP contribution in [0.25, 0.3) is 0 Å². The van der Waals surface area contributed by atoms with Crippen molar-refractivity contribution >= 4 is 11.8 Å². The van der Waals surface area contributed by atoms with Crippen molar-refractivity contribution in [2.75, 3.05) is 34.4 Å². The highest BCUT2D eigenvalue weighted by Crippen LogP contribution is 2.40. The Morgan fingerprint density at radius 3 is 2.31 bits per heavy atom. The number of likely N-dealkylation sites (tertiary alicyclic amines) is 1. The van der Waals surface area contributed by atoms with E-state index in [2.05, 4.69) is 5.32 Å². The summed E-state index contributed by atoms with van der Waals surface area (Å²) in [7, 11) is 4.77. The first-order valence-electron chi connectivity index (χ1n) is 11.5. The molecule has 1 fully saturated rings. The van der Waals surface area contributed by atoms with Crippen LogP contribution in [0.4, 0.5) is 0 Å². The molecule has 1 aliphatic rings. The number of rotatable bonds is 8. The van der Waals surface area contributed by atoms with E-state index in [0.717, 1.165) is 11.1 Å². The Morgan fingerprint density at radius 1 is 0.857 bits per heavy atom. The number of hydrogen-bond donors (Lipinski definition) is 1. The number of amides is 2. The Bertz CT molecular complexity index is 1180. The zero-order valence-electron chi connectivity index (χ0n) is 20.2. The molecule has 35 heavy (non-hydrogen) atoms. The van der Waals surface area contributed by atoms with E-state index < -0.39 is 5.92 Å². The summed E-state index contributed by atoms with van der Waals surface area (Å²) >= 11 is 0. The highest BCUT2D eigenvalue weighted by Gasteiger charge is 2.42. The predicted octanol–water partition coefficient (Wildman–Crippen LogP) is 3.88. The monoisotopic (exact) mass is 474 g/mol. The number of nitrogens with zero attached hydrogens (tertiary/aromatic N) is 1. The topological polar surface area (TPSA) is 77.1 Å². The van der Waals surface area contributed by atoms with Crippen molar-refractivity contribution in [3.8, 4) is 17.2 Å². The fraction of sp³-hybridized carbons (Fsp3) is 0.286. The molecule has 3 aromatic rings. The van der Waals surface area contributed by atoms with Crippen LogP contribution >= 0.6 is 0 Å². The summed E-state index contributed by atoms with van der Waals surface area (Å²) in [5, 5.41) is 3.06. The van der Waals surface area contributed by atoms with Crippen molar-refractivity contribution in [2.45, 2.75) is 12.5 Å². The zero-order chi connectivity index (χ0) is 24.8. The molecule has 3 aromatic carbocycles. The van der Waals surface area contributed by atoms with Gasteiger partial charge >= 0.3 is 0 Å². The first kappa shape index (κ1) is 24.1. The molecule has 7 heteroatoms. The fourth-order valence-electron chi connectivity index (χ4n) is 4.53. The number of carbonyl (C=O) groups is 2. The van der Waals surface area contributed by atoms with Gasteiger partial charge in [-0.1, -0.05) is 36.4 Å². The third-order valence-corrected chi connectivity index (χ3v) is 6.41. The van der Waals surface area contributed by atoms with Gasteiger partial charge in [0.2, 0.25) is 5.91 Å². The largest absolute Gasteiger partial charge is 0.497 e. The molecule has 1 saturated heterocycles. The van der Waals surface area contributed by atoms with Gasteiger partial charge < -0.3 is 24.4 Å². The molecule has 2 atom stereocenters. The molecular formula is C28H30N2O5. The van der Waals surface area contributed by atoms with Gasteiger partial charge in [0.25, 0.3) is 5.91 Å². The maximum Gasteiger partial charge on any atom is 0.254 e. The van der Waals surface area contributed by atoms with E-state index in [-0.39, 0.29) is 17.7 Å². The van der Waals surface area contributed by atoms with Crippen LogP contribution in [0.15, 0.2) is 72.8 Å². The SMILES string of the molecule is COc1cccc(C(=O)N2C[C@H](c3cc(OC)ccc3OC)[C@H](C(=O)NCc3ccccc3)C2)c1. The quantitative estimate of drug-likeness (QED) is 0.536. The standard InChI is InChI=1S/C28H30N2O5/c1-33-21-11-7-10-20(14-21)28(32)30-17-24(23-15-22(34-2)12-13-26(23)35-3)25(18-30)27(31)29-16-19-8-5-4-6-9-19/h4-15,24-25H,16-18H2,1-3H3,(H,29,31)/t24-,25-/m1/s1. The van der Waals surface area contributed by atoms with Crippen molar-refractivity contribution in [1.82, 2.24) is 10.2 Å². The highest BCUT2D eigenvalue weighted by atomic mass is 16.5. The van der Waals surface area contributed by atoms with Crippen LogP contribution in [0.2, 0.25) is 0 Å². The second-order valence-corrected chi connectivity index (χ2v) is 8.47. The molecule has 0 aliphatic carbocycles. The lowest BCUT2D eigenvalue weighted by atomic mass is 9.87. The van der Waals surface area contributed by atoms with Gasteiger partial charge in [0.05, 0.1) is 27.2 Å². The smallest absolute Gasteiger partial charge is 0.254 e. The summed E-state index contributed by atoms with van der Waals surface area (Å²) in [6.07, 6.45) is 0. The van der Waals surface area contributed by atoms with Crippen molar-refractivity contribution in [3.63, 3.8) is 0 Å². The average molecular weight is 475 g/mol. The number of ether oxygens (including phenoxy) is 3. The van der Waals surface area contributed by atoms with E-state index in [0.29, 0.717) is 42.4 Å². The fourth-order valence-corrected chi connectivity index (χ4v) is 4.53. The van der Waals surface area contributed by atoms with Crippen molar-refractivity contribution < 1.29 is 23.8 Å². The van der Waals surface area contributed by atoms with Crippen LogP contribution in [0, 0.1) is 5.92 Å². The molecule has 182 valence electrons. The molecule has 2 amide bonds. The molecule has 0 spiro atoms. The second-order valence-electron chi connectivity index (χ2n) is 8.47. The Morgan fingerprint density at radius 2 is 1.60 bits per heavy atom. The normalized spacial score (nSPS) is 17.1. The van der Waals surface area contributed by atoms with Crippen molar-refractivity contribution in [3.05, 3.63) is 89.5 Å². The van der Waals surface area contributed by atoms with Crippen LogP contribution < -0.4 is 19.5 Å². The van der Waals surface area contributed by atoms with Crippen LogP contribution in [-0.4, -0.2) is 51.1 Å². The van der Waals surface area contributed by atoms with Crippen molar-refractivity contribution in [2.24, 2.45) is 5.92 Å². The summed E-state index contributed by atoms with van der Waals surface area (Å²) < 4.78 is 16.3. The Hall–Kier alpha value is -4.00. The van der Waals surface area contributed by atoms with Gasteiger partial charge in [-0.2, -0.15) is 0 Å². The average Bonchev–Trinajstić information content (AvgIpc) is 3.37. The molecule has 0 saturated carbocycles. The van der Waals surface area contributed by atoms with Crippen LogP contribution in [-0.2, 0) is 11.3 Å². The molecule has 7 nitrogen and oxygen atoms in total. The Kier molecular flexibility index (Phi) is 7.55. The molecule has 1 aliphatic heterocycles. The molecule has 4 rings (SSSR count). The molecule has 0 radical (unpaired) electrons. The van der Waals surface area contributed by atoms with E-state index in [4.69, 9.17) is 14.2 Å². The number of methoxy groups -OCH3 is 3. The summed E-state index contributed by atoms with van der Waals surface area (Å²) in [5.41, 5.74) is 2.37. The summed E-state index contributed by atoms with van der Waals surface area (Å²) in [5.74, 6) is 0.978. The summed E-state index contributed by atoms with van der Waals surface area (Å²) in [4.78, 5) is 28.5. The zero-order valence-corrected chi connectivity index (χ0v) is 20.2. The number of nitrogens with one attached hydrogen (secondary N) is 1. The molecule has 1 N–H and O–H groups in total. The van der Waals surface area contributed by atoms with E-state index in [1.165, 1.54) is 0 Å². The first-order valence-corrected chi connectivity index (χ1v) is 11.5. The highest BCUT2D eigenvalue weighted by molar-refractivity contribution is 5.95. The lowest BCUT2D eigenvalue weighted by molar-refractivity contribution is -0.125. The minimum atomic E-state index is -0.450. The maximum atomic E-state index is 13.4. The number of carbonyl (C=O) groups excluding carboxylic acids is 2. The van der Waals surface area contributed by atoms with Gasteiger partial charge in [-0.15, -0.1) is 0 Å². The Labute approximate surface area is 205 Å². The number of benzene rings is 3. The van der Waals surface area contributed by atoms with E-state index >= 15 is 0 Å². The molecule has 1 heterocycles. The van der Waals surface area contributed by atoms with Crippen molar-refractivity contribution in [1.29, 1.82) is 0 Å². The maximum absolute atomic E-state index is 13.4. The van der Waals surface area contributed by atoms with E-state index in [9.17, 15) is 9.59 Å². The molecule has 0 unspecified atom stereocenters. The number of hydrogen-bond acceptors (Lipinski definition) is 5. The van der Waals surface area contributed by atoms with Gasteiger partial charge in [-0.3, -0.25) is 9.59 Å². The van der Waals surface area contributed by atoms with E-state index in [1.807, 2.05) is 48.5 Å². The Balaban J connectivity index is 1.63. The third-order valence-electron chi connectivity index (χ3n) is 6.41. The lowest BCUT2D eigenvalue weighted by Crippen LogP contribution is -2.35. The van der Waals surface area contributed by atoms with Gasteiger partial charge in [-0.25, -0.2) is 0 Å². The van der Waals surface area contributed by atoms with Gasteiger partial charge in [0, 0.05) is 36.7 Å². The third kappa shape index (κ3) is 5.40. The molecule has 0 bridgehead atoms. The van der Waals surface area contributed by atoms with Crippen LogP contribution in [0.3, 0.4) is 0 Å².